The van der Waals surface area contributed by atoms with Gasteiger partial charge in [0.05, 0.1) is 17.7 Å². The molecule has 5 nitrogen and oxygen atoms in total. The Labute approximate surface area is 91.2 Å². The summed E-state index contributed by atoms with van der Waals surface area (Å²) in [5.74, 6) is -1.01. The molecule has 6 heteroatoms. The second-order valence-corrected chi connectivity index (χ2v) is 4.18. The lowest BCUT2D eigenvalue weighted by molar-refractivity contribution is 0.401. The van der Waals surface area contributed by atoms with E-state index in [2.05, 4.69) is 6.07 Å². The van der Waals surface area contributed by atoms with Crippen molar-refractivity contribution in [3.8, 4) is 6.07 Å². The first-order valence-corrected chi connectivity index (χ1v) is 4.76. The van der Waals surface area contributed by atoms with E-state index in [4.69, 9.17) is 5.26 Å². The van der Waals surface area contributed by atoms with Crippen LogP contribution >= 0.6 is 0 Å². The van der Waals surface area contributed by atoms with E-state index < -0.39 is 22.5 Å². The van der Waals surface area contributed by atoms with Crippen LogP contribution in [0.1, 0.15) is 20.3 Å². The van der Waals surface area contributed by atoms with Gasteiger partial charge in [0.15, 0.2) is 0 Å². The van der Waals surface area contributed by atoms with Crippen molar-refractivity contribution in [2.24, 2.45) is 5.41 Å². The van der Waals surface area contributed by atoms with Crippen molar-refractivity contribution in [1.82, 2.24) is 9.55 Å². The maximum atomic E-state index is 12.9. The summed E-state index contributed by atoms with van der Waals surface area (Å²) in [7, 11) is 0. The summed E-state index contributed by atoms with van der Waals surface area (Å²) in [6.07, 6.45) is 1.25. The largest absolute Gasteiger partial charge is 0.328 e. The summed E-state index contributed by atoms with van der Waals surface area (Å²) in [5.41, 5.74) is -2.28. The number of hydrogen-bond acceptors (Lipinski definition) is 3. The predicted octanol–water partition coefficient (Wildman–Crippen LogP) is 0.616. The number of nitrogens with zero attached hydrogens (tertiary/aromatic N) is 2. The molecule has 1 N–H and O–H groups in total. The third kappa shape index (κ3) is 2.79. The summed E-state index contributed by atoms with van der Waals surface area (Å²) in [6, 6.07) is 2.08. The average molecular weight is 225 g/mol. The van der Waals surface area contributed by atoms with Crippen molar-refractivity contribution < 1.29 is 4.39 Å². The molecule has 1 rings (SSSR count). The second-order valence-electron chi connectivity index (χ2n) is 4.18. The molecule has 0 atom stereocenters. The normalized spacial score (nSPS) is 11.1. The van der Waals surface area contributed by atoms with E-state index in [0.717, 1.165) is 10.8 Å². The highest BCUT2D eigenvalue weighted by Gasteiger charge is 2.17. The van der Waals surface area contributed by atoms with Crippen LogP contribution in [0.5, 0.6) is 0 Å². The van der Waals surface area contributed by atoms with Crippen LogP contribution in [0.3, 0.4) is 0 Å². The minimum Gasteiger partial charge on any atom is -0.298 e. The summed E-state index contributed by atoms with van der Waals surface area (Å²) >= 11 is 0. The SMILES string of the molecule is CC(C)(C#N)CCn1cc(F)c(=O)[nH]c1=O. The Bertz CT molecular complexity index is 536. The number of aryl methyl sites for hydroxylation is 1. The van der Waals surface area contributed by atoms with E-state index >= 15 is 0 Å². The molecule has 0 saturated carbocycles. The summed E-state index contributed by atoms with van der Waals surface area (Å²) in [6.45, 7) is 3.63. The Hall–Kier alpha value is -1.90. The molecule has 0 aliphatic rings. The van der Waals surface area contributed by atoms with Gasteiger partial charge >= 0.3 is 5.69 Å². The lowest BCUT2D eigenvalue weighted by Crippen LogP contribution is -2.32. The number of rotatable bonds is 3. The van der Waals surface area contributed by atoms with Crippen LogP contribution < -0.4 is 11.2 Å². The first-order chi connectivity index (χ1) is 7.35. The van der Waals surface area contributed by atoms with Crippen molar-refractivity contribution in [2.75, 3.05) is 0 Å². The van der Waals surface area contributed by atoms with Gasteiger partial charge in [-0.15, -0.1) is 0 Å². The molecule has 1 aromatic rings. The van der Waals surface area contributed by atoms with Crippen molar-refractivity contribution in [2.45, 2.75) is 26.8 Å². The first-order valence-electron chi connectivity index (χ1n) is 4.76. The van der Waals surface area contributed by atoms with E-state index in [1.807, 2.05) is 4.98 Å². The maximum absolute atomic E-state index is 12.9. The Morgan fingerprint density at radius 2 is 2.19 bits per heavy atom. The highest BCUT2D eigenvalue weighted by Crippen LogP contribution is 2.18. The van der Waals surface area contributed by atoms with Crippen LogP contribution in [-0.2, 0) is 6.54 Å². The first kappa shape index (κ1) is 12.2. The predicted molar refractivity (Wildman–Crippen MR) is 55.3 cm³/mol. The molecular formula is C10H12FN3O2. The molecule has 16 heavy (non-hydrogen) atoms. The summed E-state index contributed by atoms with van der Waals surface area (Å²) in [5, 5.41) is 8.77. The zero-order chi connectivity index (χ0) is 12.3. The maximum Gasteiger partial charge on any atom is 0.328 e. The van der Waals surface area contributed by atoms with Gasteiger partial charge in [-0.3, -0.25) is 14.3 Å². The molecule has 0 radical (unpaired) electrons. The fourth-order valence-electron chi connectivity index (χ4n) is 1.10. The zero-order valence-corrected chi connectivity index (χ0v) is 9.08. The highest BCUT2D eigenvalue weighted by molar-refractivity contribution is 4.93. The van der Waals surface area contributed by atoms with E-state index in [9.17, 15) is 14.0 Å². The molecule has 86 valence electrons. The Kier molecular flexibility index (Phi) is 3.28. The van der Waals surface area contributed by atoms with Crippen LogP contribution in [0, 0.1) is 22.6 Å². The summed E-state index contributed by atoms with van der Waals surface area (Å²) < 4.78 is 13.9. The number of aromatic nitrogens is 2. The molecule has 0 aromatic carbocycles. The van der Waals surface area contributed by atoms with E-state index in [1.165, 1.54) is 0 Å². The molecule has 0 aliphatic heterocycles. The molecule has 1 heterocycles. The number of hydrogen-bond donors (Lipinski definition) is 1. The molecule has 0 spiro atoms. The monoisotopic (exact) mass is 225 g/mol. The van der Waals surface area contributed by atoms with E-state index in [-0.39, 0.29) is 6.54 Å². The molecular weight excluding hydrogens is 213 g/mol. The number of halogens is 1. The average Bonchev–Trinajstić information content (AvgIpc) is 2.22. The zero-order valence-electron chi connectivity index (χ0n) is 9.08. The topological polar surface area (TPSA) is 78.7 Å². The second kappa shape index (κ2) is 4.31. The molecule has 0 saturated heterocycles. The van der Waals surface area contributed by atoms with Gasteiger partial charge in [-0.25, -0.2) is 4.79 Å². The molecule has 0 amide bonds. The number of nitrogens with one attached hydrogen (secondary N) is 1. The third-order valence-corrected chi connectivity index (χ3v) is 2.25. The van der Waals surface area contributed by atoms with Crippen LogP contribution in [-0.4, -0.2) is 9.55 Å². The number of nitriles is 1. The van der Waals surface area contributed by atoms with Gasteiger partial charge in [0, 0.05) is 6.54 Å². The van der Waals surface area contributed by atoms with Gasteiger partial charge in [0.25, 0.3) is 5.56 Å². The van der Waals surface area contributed by atoms with E-state index in [1.54, 1.807) is 13.8 Å². The molecule has 0 bridgehead atoms. The van der Waals surface area contributed by atoms with Crippen molar-refractivity contribution in [3.63, 3.8) is 0 Å². The quantitative estimate of drug-likeness (QED) is 0.818. The number of H-pyrrole nitrogens is 1. The van der Waals surface area contributed by atoms with Gasteiger partial charge in [-0.05, 0) is 20.3 Å². The van der Waals surface area contributed by atoms with Gasteiger partial charge in [0.2, 0.25) is 5.82 Å². The van der Waals surface area contributed by atoms with Crippen LogP contribution in [0.2, 0.25) is 0 Å². The molecule has 0 fully saturated rings. The fraction of sp³-hybridized carbons (Fsp3) is 0.500. The Balaban J connectivity index is 2.93. The van der Waals surface area contributed by atoms with Gasteiger partial charge in [0.1, 0.15) is 0 Å². The van der Waals surface area contributed by atoms with Crippen LogP contribution in [0.25, 0.3) is 0 Å². The molecule has 1 aromatic heterocycles. The van der Waals surface area contributed by atoms with Crippen LogP contribution in [0.15, 0.2) is 15.8 Å². The minimum absolute atomic E-state index is 0.188. The van der Waals surface area contributed by atoms with Gasteiger partial charge in [-0.2, -0.15) is 9.65 Å². The van der Waals surface area contributed by atoms with Crippen molar-refractivity contribution in [1.29, 1.82) is 5.26 Å². The minimum atomic E-state index is -1.03. The summed E-state index contributed by atoms with van der Waals surface area (Å²) in [4.78, 5) is 23.9. The standard InChI is InChI=1S/C10H12FN3O2/c1-10(2,6-12)3-4-14-5-7(11)8(15)13-9(14)16/h5H,3-4H2,1-2H3,(H,13,15,16). The Morgan fingerprint density at radius 3 is 2.75 bits per heavy atom. The number of aromatic amines is 1. The fourth-order valence-corrected chi connectivity index (χ4v) is 1.10. The smallest absolute Gasteiger partial charge is 0.298 e. The lowest BCUT2D eigenvalue weighted by Gasteiger charge is -2.15. The van der Waals surface area contributed by atoms with Crippen LogP contribution in [0.4, 0.5) is 4.39 Å². The van der Waals surface area contributed by atoms with Crippen molar-refractivity contribution in [3.05, 3.63) is 32.9 Å². The van der Waals surface area contributed by atoms with E-state index in [0.29, 0.717) is 6.42 Å². The molecule has 0 aliphatic carbocycles. The molecule has 0 unspecified atom stereocenters. The van der Waals surface area contributed by atoms with Crippen molar-refractivity contribution >= 4 is 0 Å². The van der Waals surface area contributed by atoms with Gasteiger partial charge < -0.3 is 0 Å². The lowest BCUT2D eigenvalue weighted by atomic mass is 9.91. The highest BCUT2D eigenvalue weighted by atomic mass is 19.1. The Morgan fingerprint density at radius 1 is 1.56 bits per heavy atom. The van der Waals surface area contributed by atoms with Gasteiger partial charge in [-0.1, -0.05) is 0 Å². The third-order valence-electron chi connectivity index (χ3n) is 2.25.